The first-order valence-electron chi connectivity index (χ1n) is 8.06. The molecule has 1 aliphatic rings. The predicted molar refractivity (Wildman–Crippen MR) is 92.5 cm³/mol. The molecule has 1 saturated heterocycles. The summed E-state index contributed by atoms with van der Waals surface area (Å²) in [6.07, 6.45) is 2.56. The topological polar surface area (TPSA) is 54.9 Å². The Morgan fingerprint density at radius 2 is 2.35 bits per heavy atom. The van der Waals surface area contributed by atoms with Gasteiger partial charge in [0.2, 0.25) is 10.8 Å². The van der Waals surface area contributed by atoms with E-state index < -0.39 is 0 Å². The minimum atomic E-state index is 0.187. The van der Waals surface area contributed by atoms with E-state index in [1.54, 1.807) is 32.1 Å². The molecule has 0 spiro atoms. The van der Waals surface area contributed by atoms with E-state index in [1.165, 1.54) is 17.7 Å². The minimum absolute atomic E-state index is 0.187. The average molecular weight is 350 g/mol. The summed E-state index contributed by atoms with van der Waals surface area (Å²) >= 11 is 3.34. The highest BCUT2D eigenvalue weighted by molar-refractivity contribution is 7.17. The summed E-state index contributed by atoms with van der Waals surface area (Å²) in [6, 6.07) is 4.46. The van der Waals surface area contributed by atoms with Crippen LogP contribution in [0.3, 0.4) is 0 Å². The maximum Gasteiger partial charge on any atom is 0.235 e. The number of hydrogen-bond acceptors (Lipinski definition) is 5. The zero-order valence-electron chi connectivity index (χ0n) is 13.3. The Bertz CT molecular complexity index is 808. The number of quaternary nitrogens is 1. The highest BCUT2D eigenvalue weighted by atomic mass is 32.1. The third-order valence-corrected chi connectivity index (χ3v) is 6.63. The largest absolute Gasteiger partial charge is 0.492 e. The molecule has 3 aromatic heterocycles. The quantitative estimate of drug-likeness (QED) is 0.763. The number of thiazole rings is 1. The summed E-state index contributed by atoms with van der Waals surface area (Å²) in [6.45, 7) is 6.48. The van der Waals surface area contributed by atoms with E-state index in [2.05, 4.69) is 34.5 Å². The first-order valence-corrected chi connectivity index (χ1v) is 9.76. The number of aryl methyl sites for hydroxylation is 1. The van der Waals surface area contributed by atoms with Crippen molar-refractivity contribution in [3.05, 3.63) is 33.1 Å². The number of nitrogens with one attached hydrogen (secondary N) is 1. The van der Waals surface area contributed by atoms with Gasteiger partial charge in [0.1, 0.15) is 10.7 Å². The van der Waals surface area contributed by atoms with Crippen LogP contribution in [0.25, 0.3) is 4.96 Å². The third-order valence-electron chi connectivity index (χ3n) is 4.61. The first kappa shape index (κ1) is 15.1. The molecule has 2 N–H and O–H groups in total. The molecular formula is C16H21N4OS2+. The van der Waals surface area contributed by atoms with E-state index in [-0.39, 0.29) is 11.9 Å². The summed E-state index contributed by atoms with van der Waals surface area (Å²) in [5.41, 5.74) is 0. The van der Waals surface area contributed by atoms with Crippen molar-refractivity contribution in [2.24, 2.45) is 5.92 Å². The van der Waals surface area contributed by atoms with Crippen molar-refractivity contribution in [3.63, 3.8) is 0 Å². The van der Waals surface area contributed by atoms with Gasteiger partial charge in [-0.2, -0.15) is 4.52 Å². The molecule has 1 fully saturated rings. The lowest BCUT2D eigenvalue weighted by Crippen LogP contribution is -3.13. The van der Waals surface area contributed by atoms with Gasteiger partial charge in [0.25, 0.3) is 0 Å². The monoisotopic (exact) mass is 349 g/mol. The summed E-state index contributed by atoms with van der Waals surface area (Å²) in [4.78, 5) is 9.05. The van der Waals surface area contributed by atoms with Gasteiger partial charge in [-0.3, -0.25) is 0 Å². The third kappa shape index (κ3) is 2.66. The van der Waals surface area contributed by atoms with Crippen LogP contribution >= 0.6 is 22.7 Å². The van der Waals surface area contributed by atoms with E-state index in [0.29, 0.717) is 5.82 Å². The van der Waals surface area contributed by atoms with Gasteiger partial charge in [0.05, 0.1) is 18.0 Å². The zero-order valence-corrected chi connectivity index (χ0v) is 15.0. The molecule has 0 aromatic carbocycles. The van der Waals surface area contributed by atoms with Crippen molar-refractivity contribution >= 4 is 27.6 Å². The number of thiophene rings is 1. The Morgan fingerprint density at radius 1 is 1.48 bits per heavy atom. The minimum Gasteiger partial charge on any atom is -0.492 e. The molecule has 0 saturated carbocycles. The van der Waals surface area contributed by atoms with Gasteiger partial charge in [-0.05, 0) is 31.2 Å². The second-order valence-electron chi connectivity index (χ2n) is 6.45. The second kappa shape index (κ2) is 5.89. The van der Waals surface area contributed by atoms with Gasteiger partial charge in [-0.15, -0.1) is 16.4 Å². The summed E-state index contributed by atoms with van der Waals surface area (Å²) in [7, 11) is 0. The SMILES string of the molecule is Cc1nc2sc([C@@H](c3cccs3)[NH+]3CCC[C@H](C)C3)c(O)n2n1. The van der Waals surface area contributed by atoms with Gasteiger partial charge < -0.3 is 10.0 Å². The van der Waals surface area contributed by atoms with Crippen LogP contribution in [-0.4, -0.2) is 32.8 Å². The van der Waals surface area contributed by atoms with E-state index >= 15 is 0 Å². The second-order valence-corrected chi connectivity index (χ2v) is 8.44. The van der Waals surface area contributed by atoms with E-state index in [9.17, 15) is 5.11 Å². The smallest absolute Gasteiger partial charge is 0.235 e. The zero-order chi connectivity index (χ0) is 16.0. The van der Waals surface area contributed by atoms with Crippen molar-refractivity contribution in [2.45, 2.75) is 32.7 Å². The molecule has 4 heterocycles. The standard InChI is InChI=1S/C16H20N4OS2/c1-10-5-3-7-19(9-10)13(12-6-4-8-22-12)14-15(21)20-16(23-14)17-11(2)18-20/h4,6,8,10,13,21H,3,5,7,9H2,1-2H3/p+1/t10-,13+/m0/s1. The number of piperidine rings is 1. The van der Waals surface area contributed by atoms with Crippen LogP contribution in [0, 0.1) is 12.8 Å². The molecular weight excluding hydrogens is 328 g/mol. The fourth-order valence-corrected chi connectivity index (χ4v) is 5.74. The van der Waals surface area contributed by atoms with E-state index in [1.807, 2.05) is 6.92 Å². The van der Waals surface area contributed by atoms with Gasteiger partial charge in [0, 0.05) is 5.92 Å². The molecule has 1 aliphatic heterocycles. The van der Waals surface area contributed by atoms with Crippen LogP contribution in [0.5, 0.6) is 5.88 Å². The number of hydrogen-bond donors (Lipinski definition) is 2. The first-order chi connectivity index (χ1) is 11.1. The number of fused-ring (bicyclic) bond motifs is 1. The molecule has 0 amide bonds. The Morgan fingerprint density at radius 3 is 3.04 bits per heavy atom. The molecule has 4 rings (SSSR count). The normalized spacial score (nSPS) is 23.4. The van der Waals surface area contributed by atoms with E-state index in [0.717, 1.165) is 28.8 Å². The number of rotatable bonds is 3. The molecule has 0 bridgehead atoms. The molecule has 23 heavy (non-hydrogen) atoms. The van der Waals surface area contributed by atoms with Crippen molar-refractivity contribution < 1.29 is 10.0 Å². The number of aromatic hydroxyl groups is 1. The maximum atomic E-state index is 10.7. The molecule has 0 aliphatic carbocycles. The number of aromatic nitrogens is 3. The van der Waals surface area contributed by atoms with Crippen LogP contribution in [0.2, 0.25) is 0 Å². The fraction of sp³-hybridized carbons (Fsp3) is 0.500. The average Bonchev–Trinajstić information content (AvgIpc) is 3.21. The Hall–Kier alpha value is -1.44. The molecule has 5 nitrogen and oxygen atoms in total. The van der Waals surface area contributed by atoms with Gasteiger partial charge in [0.15, 0.2) is 6.04 Å². The van der Waals surface area contributed by atoms with Crippen LogP contribution in [-0.2, 0) is 0 Å². The van der Waals surface area contributed by atoms with Gasteiger partial charge in [-0.1, -0.05) is 24.3 Å². The lowest BCUT2D eigenvalue weighted by atomic mass is 9.98. The van der Waals surface area contributed by atoms with E-state index in [4.69, 9.17) is 0 Å². The van der Waals surface area contributed by atoms with Crippen LogP contribution in [0.15, 0.2) is 17.5 Å². The van der Waals surface area contributed by atoms with Crippen LogP contribution < -0.4 is 4.90 Å². The highest BCUT2D eigenvalue weighted by Gasteiger charge is 2.35. The Kier molecular flexibility index (Phi) is 3.87. The van der Waals surface area contributed by atoms with Crippen LogP contribution in [0.4, 0.5) is 0 Å². The number of nitrogens with zero attached hydrogens (tertiary/aromatic N) is 3. The van der Waals surface area contributed by atoms with Crippen molar-refractivity contribution in [3.8, 4) is 5.88 Å². The number of likely N-dealkylation sites (tertiary alicyclic amines) is 1. The molecule has 1 unspecified atom stereocenters. The Labute approximate surface area is 143 Å². The highest BCUT2D eigenvalue weighted by Crippen LogP contribution is 2.36. The molecule has 3 atom stereocenters. The predicted octanol–water partition coefficient (Wildman–Crippen LogP) is 2.27. The molecule has 3 aromatic rings. The van der Waals surface area contributed by atoms with Crippen molar-refractivity contribution in [2.75, 3.05) is 13.1 Å². The Balaban J connectivity index is 1.80. The van der Waals surface area contributed by atoms with Crippen molar-refractivity contribution in [1.29, 1.82) is 0 Å². The summed E-state index contributed by atoms with van der Waals surface area (Å²) in [5.74, 6) is 1.69. The maximum absolute atomic E-state index is 10.7. The molecule has 122 valence electrons. The fourth-order valence-electron chi connectivity index (χ4n) is 3.60. The van der Waals surface area contributed by atoms with Gasteiger partial charge in [-0.25, -0.2) is 4.98 Å². The summed E-state index contributed by atoms with van der Waals surface area (Å²) in [5, 5.41) is 17.2. The lowest BCUT2D eigenvalue weighted by molar-refractivity contribution is -0.933. The molecule has 7 heteroatoms. The molecule has 0 radical (unpaired) electrons. The summed E-state index contributed by atoms with van der Waals surface area (Å²) < 4.78 is 1.59. The van der Waals surface area contributed by atoms with Crippen molar-refractivity contribution in [1.82, 2.24) is 14.6 Å². The van der Waals surface area contributed by atoms with Gasteiger partial charge >= 0.3 is 0 Å². The lowest BCUT2D eigenvalue weighted by Gasteiger charge is -2.33. The van der Waals surface area contributed by atoms with Crippen LogP contribution in [0.1, 0.15) is 41.4 Å².